The number of rotatable bonds is 5. The van der Waals surface area contributed by atoms with Crippen LogP contribution in [0, 0.1) is 0 Å². The molecule has 5 nitrogen and oxygen atoms in total. The second-order valence-corrected chi connectivity index (χ2v) is 6.89. The molecule has 0 atom stereocenters. The lowest BCUT2D eigenvalue weighted by Gasteiger charge is -2.32. The smallest absolute Gasteiger partial charge is 0.254 e. The molecule has 0 N–H and O–H groups in total. The Bertz CT molecular complexity index is 673. The standard InChI is InChI=1S/C18H21N3O2S/c1-2-24-16-6-4-3-5-15(16)18(22)21-11-8-14(9-12-21)23-17-7-10-19-13-20-17/h3-7,10,13-14H,2,8-9,11-12H2,1H3. The van der Waals surface area contributed by atoms with Crippen molar-refractivity contribution in [1.29, 1.82) is 0 Å². The van der Waals surface area contributed by atoms with Crippen molar-refractivity contribution < 1.29 is 9.53 Å². The zero-order valence-electron chi connectivity index (χ0n) is 13.7. The summed E-state index contributed by atoms with van der Waals surface area (Å²) in [6, 6.07) is 9.61. The normalized spacial score (nSPS) is 15.3. The number of benzene rings is 1. The molecule has 0 spiro atoms. The molecule has 1 aromatic carbocycles. The molecule has 1 aliphatic heterocycles. The van der Waals surface area contributed by atoms with Crippen LogP contribution >= 0.6 is 11.8 Å². The highest BCUT2D eigenvalue weighted by Crippen LogP contribution is 2.25. The van der Waals surface area contributed by atoms with Crippen LogP contribution in [-0.2, 0) is 0 Å². The second kappa shape index (κ2) is 8.15. The van der Waals surface area contributed by atoms with Gasteiger partial charge in [0.15, 0.2) is 0 Å². The van der Waals surface area contributed by atoms with E-state index in [0.717, 1.165) is 29.1 Å². The van der Waals surface area contributed by atoms with Gasteiger partial charge in [-0.2, -0.15) is 0 Å². The van der Waals surface area contributed by atoms with E-state index in [0.29, 0.717) is 19.0 Å². The minimum Gasteiger partial charge on any atom is -0.474 e. The largest absolute Gasteiger partial charge is 0.474 e. The lowest BCUT2D eigenvalue weighted by atomic mass is 10.1. The summed E-state index contributed by atoms with van der Waals surface area (Å²) in [5.74, 6) is 1.67. The van der Waals surface area contributed by atoms with Crippen LogP contribution in [0.15, 0.2) is 47.8 Å². The van der Waals surface area contributed by atoms with Crippen molar-refractivity contribution in [3.8, 4) is 5.88 Å². The van der Waals surface area contributed by atoms with Gasteiger partial charge in [0.25, 0.3) is 5.91 Å². The summed E-state index contributed by atoms with van der Waals surface area (Å²) in [6.45, 7) is 3.52. The SMILES string of the molecule is CCSc1ccccc1C(=O)N1CCC(Oc2ccncn2)CC1. The number of nitrogens with zero attached hydrogens (tertiary/aromatic N) is 3. The average molecular weight is 343 g/mol. The van der Waals surface area contributed by atoms with E-state index in [1.807, 2.05) is 29.2 Å². The lowest BCUT2D eigenvalue weighted by Crippen LogP contribution is -2.42. The molecule has 1 saturated heterocycles. The lowest BCUT2D eigenvalue weighted by molar-refractivity contribution is 0.0584. The fourth-order valence-electron chi connectivity index (χ4n) is 2.79. The number of ether oxygens (including phenoxy) is 1. The molecule has 0 saturated carbocycles. The molecule has 24 heavy (non-hydrogen) atoms. The summed E-state index contributed by atoms with van der Waals surface area (Å²) < 4.78 is 5.86. The van der Waals surface area contributed by atoms with Gasteiger partial charge >= 0.3 is 0 Å². The topological polar surface area (TPSA) is 55.3 Å². The predicted octanol–water partition coefficient (Wildman–Crippen LogP) is 3.27. The Morgan fingerprint density at radius 3 is 2.79 bits per heavy atom. The van der Waals surface area contributed by atoms with Crippen molar-refractivity contribution in [2.24, 2.45) is 0 Å². The summed E-state index contributed by atoms with van der Waals surface area (Å²) in [5, 5.41) is 0. The van der Waals surface area contributed by atoms with E-state index in [-0.39, 0.29) is 12.0 Å². The number of amides is 1. The van der Waals surface area contributed by atoms with Gasteiger partial charge < -0.3 is 9.64 Å². The first-order chi connectivity index (χ1) is 11.8. The minimum atomic E-state index is 0.101. The predicted molar refractivity (Wildman–Crippen MR) is 94.4 cm³/mol. The van der Waals surface area contributed by atoms with E-state index >= 15 is 0 Å². The molecule has 0 radical (unpaired) electrons. The highest BCUT2D eigenvalue weighted by Gasteiger charge is 2.26. The van der Waals surface area contributed by atoms with E-state index in [1.54, 1.807) is 24.0 Å². The zero-order valence-corrected chi connectivity index (χ0v) is 14.5. The summed E-state index contributed by atoms with van der Waals surface area (Å²) in [7, 11) is 0. The average Bonchev–Trinajstić information content (AvgIpc) is 2.63. The van der Waals surface area contributed by atoms with Crippen LogP contribution in [0.3, 0.4) is 0 Å². The maximum Gasteiger partial charge on any atom is 0.254 e. The monoisotopic (exact) mass is 343 g/mol. The van der Waals surface area contributed by atoms with Crippen molar-refractivity contribution in [2.75, 3.05) is 18.8 Å². The number of carbonyl (C=O) groups is 1. The van der Waals surface area contributed by atoms with Crippen molar-refractivity contribution in [1.82, 2.24) is 14.9 Å². The number of aromatic nitrogens is 2. The minimum absolute atomic E-state index is 0.101. The van der Waals surface area contributed by atoms with E-state index in [2.05, 4.69) is 16.9 Å². The molecule has 3 rings (SSSR count). The van der Waals surface area contributed by atoms with Crippen molar-refractivity contribution >= 4 is 17.7 Å². The Hall–Kier alpha value is -2.08. The zero-order chi connectivity index (χ0) is 16.8. The maximum atomic E-state index is 12.8. The first-order valence-corrected chi connectivity index (χ1v) is 9.20. The van der Waals surface area contributed by atoms with E-state index in [9.17, 15) is 4.79 Å². The first kappa shape index (κ1) is 16.8. The van der Waals surface area contributed by atoms with E-state index in [4.69, 9.17) is 4.74 Å². The van der Waals surface area contributed by atoms with Crippen LogP contribution in [0.1, 0.15) is 30.1 Å². The van der Waals surface area contributed by atoms with Gasteiger partial charge in [-0.15, -0.1) is 11.8 Å². The number of hydrogen-bond acceptors (Lipinski definition) is 5. The van der Waals surface area contributed by atoms with Gasteiger partial charge in [-0.3, -0.25) is 4.79 Å². The molecule has 2 aromatic rings. The Morgan fingerprint density at radius 2 is 2.08 bits per heavy atom. The molecule has 1 aromatic heterocycles. The quantitative estimate of drug-likeness (QED) is 0.780. The van der Waals surface area contributed by atoms with Crippen LogP contribution in [0.2, 0.25) is 0 Å². The second-order valence-electron chi connectivity index (χ2n) is 5.59. The number of hydrogen-bond donors (Lipinski definition) is 0. The Morgan fingerprint density at radius 1 is 1.29 bits per heavy atom. The van der Waals surface area contributed by atoms with Crippen LogP contribution in [-0.4, -0.2) is 45.7 Å². The summed E-state index contributed by atoms with van der Waals surface area (Å²) >= 11 is 1.71. The molecule has 2 heterocycles. The number of likely N-dealkylation sites (tertiary alicyclic amines) is 1. The van der Waals surface area contributed by atoms with Crippen LogP contribution in [0.25, 0.3) is 0 Å². The molecule has 126 valence electrons. The van der Waals surface area contributed by atoms with Gasteiger partial charge in [0, 0.05) is 43.1 Å². The van der Waals surface area contributed by atoms with Crippen LogP contribution < -0.4 is 4.74 Å². The van der Waals surface area contributed by atoms with Crippen LogP contribution in [0.4, 0.5) is 0 Å². The molecule has 6 heteroatoms. The van der Waals surface area contributed by atoms with Crippen LogP contribution in [0.5, 0.6) is 5.88 Å². The molecule has 1 amide bonds. The molecule has 0 bridgehead atoms. The fraction of sp³-hybridized carbons (Fsp3) is 0.389. The molecule has 0 unspecified atom stereocenters. The van der Waals surface area contributed by atoms with Gasteiger partial charge in [-0.1, -0.05) is 19.1 Å². The third-order valence-electron chi connectivity index (χ3n) is 3.99. The maximum absolute atomic E-state index is 12.8. The highest BCUT2D eigenvalue weighted by atomic mass is 32.2. The first-order valence-electron chi connectivity index (χ1n) is 8.21. The highest BCUT2D eigenvalue weighted by molar-refractivity contribution is 7.99. The van der Waals surface area contributed by atoms with E-state index in [1.165, 1.54) is 6.33 Å². The van der Waals surface area contributed by atoms with Gasteiger partial charge in [0.2, 0.25) is 5.88 Å². The molecular formula is C18H21N3O2S. The number of thioether (sulfide) groups is 1. The third kappa shape index (κ3) is 4.06. The van der Waals surface area contributed by atoms with E-state index < -0.39 is 0 Å². The summed E-state index contributed by atoms with van der Waals surface area (Å²) in [4.78, 5) is 23.8. The Labute approximate surface area is 146 Å². The molecule has 1 fully saturated rings. The van der Waals surface area contributed by atoms with Crippen molar-refractivity contribution in [2.45, 2.75) is 30.8 Å². The Balaban J connectivity index is 1.59. The van der Waals surface area contributed by atoms with Crippen molar-refractivity contribution in [3.63, 3.8) is 0 Å². The van der Waals surface area contributed by atoms with Gasteiger partial charge in [0.05, 0.1) is 5.56 Å². The summed E-state index contributed by atoms with van der Waals surface area (Å²) in [6.07, 6.45) is 4.89. The summed E-state index contributed by atoms with van der Waals surface area (Å²) in [5.41, 5.74) is 0.805. The molecule has 1 aliphatic rings. The number of carbonyl (C=O) groups excluding carboxylic acids is 1. The fourth-order valence-corrected chi connectivity index (χ4v) is 3.59. The van der Waals surface area contributed by atoms with Gasteiger partial charge in [0.1, 0.15) is 12.4 Å². The molecular weight excluding hydrogens is 322 g/mol. The Kier molecular flexibility index (Phi) is 5.69. The van der Waals surface area contributed by atoms with Gasteiger partial charge in [-0.05, 0) is 17.9 Å². The third-order valence-corrected chi connectivity index (χ3v) is 4.94. The van der Waals surface area contributed by atoms with Crippen molar-refractivity contribution in [3.05, 3.63) is 48.4 Å². The molecule has 0 aliphatic carbocycles. The number of piperidine rings is 1. The van der Waals surface area contributed by atoms with Gasteiger partial charge in [-0.25, -0.2) is 9.97 Å².